The van der Waals surface area contributed by atoms with Gasteiger partial charge >= 0.3 is 0 Å². The number of benzene rings is 2. The Kier molecular flexibility index (Phi) is 5.39. The summed E-state index contributed by atoms with van der Waals surface area (Å²) in [7, 11) is 1.87. The van der Waals surface area contributed by atoms with Gasteiger partial charge in [0, 0.05) is 25.2 Å². The number of hydrogen-bond donors (Lipinski definition) is 1. The third-order valence-electron chi connectivity index (χ3n) is 4.16. The minimum absolute atomic E-state index is 0.427. The van der Waals surface area contributed by atoms with Gasteiger partial charge in [-0.05, 0) is 25.3 Å². The molecule has 0 radical (unpaired) electrons. The molecule has 1 heterocycles. The Morgan fingerprint density at radius 3 is 2.33 bits per heavy atom. The molecule has 3 rings (SSSR count). The summed E-state index contributed by atoms with van der Waals surface area (Å²) in [6.07, 6.45) is 2.19. The average Bonchev–Trinajstić information content (AvgIpc) is 3.00. The highest BCUT2D eigenvalue weighted by Gasteiger charge is 2.12. The predicted molar refractivity (Wildman–Crippen MR) is 97.5 cm³/mol. The second-order valence-corrected chi connectivity index (χ2v) is 6.16. The molecule has 0 unspecified atom stereocenters. The molecule has 0 aliphatic heterocycles. The molecule has 0 saturated carbocycles. The van der Waals surface area contributed by atoms with Crippen LogP contribution in [0.15, 0.2) is 60.7 Å². The van der Waals surface area contributed by atoms with E-state index in [9.17, 15) is 0 Å². The molecular weight excluding hydrogens is 296 g/mol. The van der Waals surface area contributed by atoms with E-state index in [-0.39, 0.29) is 0 Å². The largest absolute Gasteiger partial charge is 0.309 e. The minimum Gasteiger partial charge on any atom is -0.309 e. The molecule has 0 aliphatic rings. The van der Waals surface area contributed by atoms with Crippen LogP contribution < -0.4 is 5.32 Å². The highest BCUT2D eigenvalue weighted by atomic mass is 15.5. The lowest BCUT2D eigenvalue weighted by Gasteiger charge is -2.13. The Morgan fingerprint density at radius 2 is 1.62 bits per heavy atom. The fourth-order valence-corrected chi connectivity index (χ4v) is 2.79. The zero-order chi connectivity index (χ0) is 16.8. The SMILES string of the molecule is C[C@H](CCc1ccccc1)NCc1nn(C)nc1-c1ccccc1. The summed E-state index contributed by atoms with van der Waals surface area (Å²) in [4.78, 5) is 1.65. The van der Waals surface area contributed by atoms with E-state index in [0.717, 1.165) is 36.3 Å². The van der Waals surface area contributed by atoms with Gasteiger partial charge in [0.05, 0.1) is 0 Å². The lowest BCUT2D eigenvalue weighted by molar-refractivity contribution is 0.506. The molecule has 4 nitrogen and oxygen atoms in total. The fourth-order valence-electron chi connectivity index (χ4n) is 2.79. The van der Waals surface area contributed by atoms with Crippen LogP contribution in [0.3, 0.4) is 0 Å². The number of rotatable bonds is 7. The quantitative estimate of drug-likeness (QED) is 0.723. The zero-order valence-electron chi connectivity index (χ0n) is 14.3. The van der Waals surface area contributed by atoms with Crippen LogP contribution in [0, 0.1) is 0 Å². The van der Waals surface area contributed by atoms with Crippen molar-refractivity contribution in [2.75, 3.05) is 0 Å². The van der Waals surface area contributed by atoms with Gasteiger partial charge in [0.25, 0.3) is 0 Å². The molecular formula is C20H24N4. The van der Waals surface area contributed by atoms with Crippen LogP contribution in [0.2, 0.25) is 0 Å². The Labute approximate surface area is 143 Å². The second-order valence-electron chi connectivity index (χ2n) is 6.16. The summed E-state index contributed by atoms with van der Waals surface area (Å²) < 4.78 is 0. The molecule has 2 aromatic carbocycles. The van der Waals surface area contributed by atoms with E-state index >= 15 is 0 Å². The van der Waals surface area contributed by atoms with Crippen LogP contribution >= 0.6 is 0 Å². The minimum atomic E-state index is 0.427. The van der Waals surface area contributed by atoms with E-state index in [0.29, 0.717) is 6.04 Å². The Balaban J connectivity index is 1.58. The van der Waals surface area contributed by atoms with Crippen molar-refractivity contribution in [3.63, 3.8) is 0 Å². The number of nitrogens with one attached hydrogen (secondary N) is 1. The van der Waals surface area contributed by atoms with Crippen LogP contribution in [0.25, 0.3) is 11.3 Å². The molecule has 1 N–H and O–H groups in total. The maximum atomic E-state index is 4.52. The first-order valence-electron chi connectivity index (χ1n) is 8.45. The van der Waals surface area contributed by atoms with Crippen molar-refractivity contribution in [2.24, 2.45) is 7.05 Å². The maximum absolute atomic E-state index is 4.52. The number of aromatic nitrogens is 3. The number of hydrogen-bond acceptors (Lipinski definition) is 3. The molecule has 0 amide bonds. The average molecular weight is 320 g/mol. The highest BCUT2D eigenvalue weighted by molar-refractivity contribution is 5.60. The zero-order valence-corrected chi connectivity index (χ0v) is 14.3. The first-order valence-corrected chi connectivity index (χ1v) is 8.45. The fraction of sp³-hybridized carbons (Fsp3) is 0.300. The van der Waals surface area contributed by atoms with Gasteiger partial charge in [0.1, 0.15) is 11.4 Å². The van der Waals surface area contributed by atoms with Gasteiger partial charge in [0.15, 0.2) is 0 Å². The van der Waals surface area contributed by atoms with Crippen molar-refractivity contribution in [1.82, 2.24) is 20.3 Å². The van der Waals surface area contributed by atoms with Crippen LogP contribution in [0.4, 0.5) is 0 Å². The number of nitrogens with zero attached hydrogens (tertiary/aromatic N) is 3. The van der Waals surface area contributed by atoms with Crippen molar-refractivity contribution in [3.8, 4) is 11.3 Å². The Hall–Kier alpha value is -2.46. The summed E-state index contributed by atoms with van der Waals surface area (Å²) in [6.45, 7) is 2.95. The molecule has 0 fully saturated rings. The lowest BCUT2D eigenvalue weighted by Crippen LogP contribution is -2.26. The lowest BCUT2D eigenvalue weighted by atomic mass is 10.1. The van der Waals surface area contributed by atoms with Crippen molar-refractivity contribution >= 4 is 0 Å². The van der Waals surface area contributed by atoms with Gasteiger partial charge < -0.3 is 5.32 Å². The van der Waals surface area contributed by atoms with Crippen molar-refractivity contribution in [1.29, 1.82) is 0 Å². The van der Waals surface area contributed by atoms with Crippen molar-refractivity contribution in [2.45, 2.75) is 32.4 Å². The molecule has 3 aromatic rings. The normalized spacial score (nSPS) is 12.2. The van der Waals surface area contributed by atoms with Gasteiger partial charge in [-0.3, -0.25) is 0 Å². The summed E-state index contributed by atoms with van der Waals surface area (Å²) in [5, 5.41) is 12.6. The molecule has 1 aromatic heterocycles. The van der Waals surface area contributed by atoms with Gasteiger partial charge in [-0.15, -0.1) is 0 Å². The summed E-state index contributed by atoms with van der Waals surface area (Å²) in [5.41, 5.74) is 4.45. The third-order valence-corrected chi connectivity index (χ3v) is 4.16. The molecule has 0 spiro atoms. The molecule has 0 saturated heterocycles. The summed E-state index contributed by atoms with van der Waals surface area (Å²) in [5.74, 6) is 0. The predicted octanol–water partition coefficient (Wildman–Crippen LogP) is 3.59. The Bertz CT molecular complexity index is 750. The van der Waals surface area contributed by atoms with E-state index < -0.39 is 0 Å². The van der Waals surface area contributed by atoms with Crippen LogP contribution in [-0.2, 0) is 20.0 Å². The summed E-state index contributed by atoms with van der Waals surface area (Å²) in [6, 6.07) is 21.3. The maximum Gasteiger partial charge on any atom is 0.117 e. The van der Waals surface area contributed by atoms with E-state index in [2.05, 4.69) is 64.9 Å². The van der Waals surface area contributed by atoms with Crippen molar-refractivity contribution < 1.29 is 0 Å². The number of aryl methyl sites for hydroxylation is 2. The first-order chi connectivity index (χ1) is 11.7. The second kappa shape index (κ2) is 7.88. The van der Waals surface area contributed by atoms with Crippen molar-refractivity contribution in [3.05, 3.63) is 71.9 Å². The first kappa shape index (κ1) is 16.4. The smallest absolute Gasteiger partial charge is 0.117 e. The van der Waals surface area contributed by atoms with E-state index in [1.807, 2.05) is 25.2 Å². The molecule has 24 heavy (non-hydrogen) atoms. The van der Waals surface area contributed by atoms with Gasteiger partial charge in [-0.1, -0.05) is 60.7 Å². The molecule has 124 valence electrons. The van der Waals surface area contributed by atoms with E-state index in [1.54, 1.807) is 4.80 Å². The standard InChI is InChI=1S/C20H24N4/c1-16(13-14-17-9-5-3-6-10-17)21-15-19-20(23-24(2)22-19)18-11-7-4-8-12-18/h3-12,16,21H,13-15H2,1-2H3/t16-/m1/s1. The molecule has 1 atom stereocenters. The molecule has 0 aliphatic carbocycles. The van der Waals surface area contributed by atoms with Gasteiger partial charge in [-0.2, -0.15) is 15.0 Å². The monoisotopic (exact) mass is 320 g/mol. The third kappa shape index (κ3) is 4.30. The topological polar surface area (TPSA) is 42.7 Å². The summed E-state index contributed by atoms with van der Waals surface area (Å²) >= 11 is 0. The van der Waals surface area contributed by atoms with Crippen LogP contribution in [0.1, 0.15) is 24.6 Å². The Morgan fingerprint density at radius 1 is 0.958 bits per heavy atom. The van der Waals surface area contributed by atoms with Crippen LogP contribution in [0.5, 0.6) is 0 Å². The molecule has 0 bridgehead atoms. The van der Waals surface area contributed by atoms with Gasteiger partial charge in [-0.25, -0.2) is 0 Å². The van der Waals surface area contributed by atoms with Crippen LogP contribution in [-0.4, -0.2) is 21.0 Å². The van der Waals surface area contributed by atoms with E-state index in [1.165, 1.54) is 5.56 Å². The molecule has 4 heteroatoms. The highest BCUT2D eigenvalue weighted by Crippen LogP contribution is 2.19. The van der Waals surface area contributed by atoms with E-state index in [4.69, 9.17) is 0 Å². The van der Waals surface area contributed by atoms with Gasteiger partial charge in [0.2, 0.25) is 0 Å².